The molecule has 0 radical (unpaired) electrons. The average molecular weight is 273 g/mol. The first-order chi connectivity index (χ1) is 9.78. The van der Waals surface area contributed by atoms with E-state index in [1.165, 1.54) is 0 Å². The van der Waals surface area contributed by atoms with E-state index in [1.807, 2.05) is 18.2 Å². The van der Waals surface area contributed by atoms with Crippen LogP contribution >= 0.6 is 0 Å². The lowest BCUT2D eigenvalue weighted by molar-refractivity contribution is -0.146. The van der Waals surface area contributed by atoms with E-state index in [-0.39, 0.29) is 24.4 Å². The Kier molecular flexibility index (Phi) is 3.41. The van der Waals surface area contributed by atoms with Gasteiger partial charge in [-0.15, -0.1) is 0 Å². The van der Waals surface area contributed by atoms with Crippen LogP contribution < -0.4 is 4.74 Å². The molecule has 3 rings (SSSR count). The molecule has 2 atom stereocenters. The summed E-state index contributed by atoms with van der Waals surface area (Å²) in [6.45, 7) is 0.233. The maximum atomic E-state index is 11.9. The Labute approximate surface area is 116 Å². The molecule has 104 valence electrons. The number of hydrogen-bond acceptors (Lipinski definition) is 5. The highest BCUT2D eigenvalue weighted by Gasteiger charge is 2.47. The first-order valence-electron chi connectivity index (χ1n) is 6.47. The molecule has 0 N–H and O–H groups in total. The monoisotopic (exact) mass is 273 g/mol. The maximum absolute atomic E-state index is 11.9. The lowest BCUT2D eigenvalue weighted by atomic mass is 10.2. The van der Waals surface area contributed by atoms with E-state index >= 15 is 0 Å². The second-order valence-electron chi connectivity index (χ2n) is 4.78. The van der Waals surface area contributed by atoms with E-state index in [9.17, 15) is 4.79 Å². The second-order valence-corrected chi connectivity index (χ2v) is 4.78. The van der Waals surface area contributed by atoms with Gasteiger partial charge >= 0.3 is 5.97 Å². The summed E-state index contributed by atoms with van der Waals surface area (Å²) in [5.41, 5.74) is 0.842. The van der Waals surface area contributed by atoms with Crippen molar-refractivity contribution in [1.29, 1.82) is 0 Å². The fourth-order valence-electron chi connectivity index (χ4n) is 2.15. The van der Waals surface area contributed by atoms with Crippen LogP contribution in [0, 0.1) is 5.92 Å². The van der Waals surface area contributed by atoms with Crippen molar-refractivity contribution in [2.45, 2.75) is 18.9 Å². The van der Waals surface area contributed by atoms with Crippen LogP contribution in [0.4, 0.5) is 0 Å². The van der Waals surface area contributed by atoms with Gasteiger partial charge in [-0.1, -0.05) is 0 Å². The second kappa shape index (κ2) is 5.36. The van der Waals surface area contributed by atoms with E-state index < -0.39 is 0 Å². The van der Waals surface area contributed by atoms with E-state index in [0.717, 1.165) is 17.7 Å². The molecule has 0 aliphatic heterocycles. The zero-order valence-electron chi connectivity index (χ0n) is 11.1. The van der Waals surface area contributed by atoms with Crippen molar-refractivity contribution in [2.75, 3.05) is 7.11 Å². The molecule has 0 saturated heterocycles. The first-order valence-corrected chi connectivity index (χ1v) is 6.47. The standard InChI is InChI=1S/C15H15NO4/c1-18-14-5-4-10(8-16-14)9-20-15(17)12-7-11(12)13-3-2-6-19-13/h2-6,8,11-12H,7,9H2,1H3. The fraction of sp³-hybridized carbons (Fsp3) is 0.333. The fourth-order valence-corrected chi connectivity index (χ4v) is 2.15. The number of methoxy groups -OCH3 is 1. The predicted octanol–water partition coefficient (Wildman–Crippen LogP) is 2.53. The molecule has 0 bridgehead atoms. The van der Waals surface area contributed by atoms with Crippen molar-refractivity contribution >= 4 is 5.97 Å². The minimum absolute atomic E-state index is 0.0765. The Bertz CT molecular complexity index is 576. The highest BCUT2D eigenvalue weighted by atomic mass is 16.5. The number of carbonyl (C=O) groups excluding carboxylic acids is 1. The number of esters is 1. The van der Waals surface area contributed by atoms with E-state index in [4.69, 9.17) is 13.9 Å². The molecule has 1 fully saturated rings. The molecule has 1 aliphatic rings. The third-order valence-corrected chi connectivity index (χ3v) is 3.39. The summed E-state index contributed by atoms with van der Waals surface area (Å²) >= 11 is 0. The minimum Gasteiger partial charge on any atom is -0.481 e. The zero-order chi connectivity index (χ0) is 13.9. The Morgan fingerprint density at radius 3 is 3.00 bits per heavy atom. The average Bonchev–Trinajstić information content (AvgIpc) is 3.11. The van der Waals surface area contributed by atoms with Gasteiger partial charge in [-0.3, -0.25) is 4.79 Å². The quantitative estimate of drug-likeness (QED) is 0.783. The van der Waals surface area contributed by atoms with Crippen LogP contribution in [0.25, 0.3) is 0 Å². The molecule has 0 aromatic carbocycles. The van der Waals surface area contributed by atoms with Gasteiger partial charge in [0.2, 0.25) is 5.88 Å². The number of aromatic nitrogens is 1. The number of pyridine rings is 1. The van der Waals surface area contributed by atoms with Crippen molar-refractivity contribution in [2.24, 2.45) is 5.92 Å². The summed E-state index contributed by atoms with van der Waals surface area (Å²) in [7, 11) is 1.56. The number of rotatable bonds is 5. The van der Waals surface area contributed by atoms with E-state index in [2.05, 4.69) is 4.98 Å². The van der Waals surface area contributed by atoms with Gasteiger partial charge in [-0.05, 0) is 24.6 Å². The molecular formula is C15H15NO4. The van der Waals surface area contributed by atoms with Gasteiger partial charge < -0.3 is 13.9 Å². The van der Waals surface area contributed by atoms with Crippen LogP contribution in [0.1, 0.15) is 23.7 Å². The molecule has 5 heteroatoms. The molecule has 5 nitrogen and oxygen atoms in total. The van der Waals surface area contributed by atoms with Gasteiger partial charge in [0.25, 0.3) is 0 Å². The Morgan fingerprint density at radius 1 is 1.45 bits per heavy atom. The van der Waals surface area contributed by atoms with Crippen LogP contribution in [-0.2, 0) is 16.1 Å². The van der Waals surface area contributed by atoms with Crippen molar-refractivity contribution < 1.29 is 18.7 Å². The molecule has 2 heterocycles. The smallest absolute Gasteiger partial charge is 0.310 e. The van der Waals surface area contributed by atoms with Crippen LogP contribution in [-0.4, -0.2) is 18.1 Å². The number of furan rings is 1. The Hall–Kier alpha value is -2.30. The van der Waals surface area contributed by atoms with Gasteiger partial charge in [0.1, 0.15) is 12.4 Å². The highest BCUT2D eigenvalue weighted by Crippen LogP contribution is 2.48. The van der Waals surface area contributed by atoms with Crippen molar-refractivity contribution in [3.05, 3.63) is 48.0 Å². The van der Waals surface area contributed by atoms with Crippen LogP contribution in [0.5, 0.6) is 5.88 Å². The Morgan fingerprint density at radius 2 is 2.35 bits per heavy atom. The summed E-state index contributed by atoms with van der Waals surface area (Å²) < 4.78 is 15.6. The Balaban J connectivity index is 1.50. The van der Waals surface area contributed by atoms with Crippen molar-refractivity contribution in [3.8, 4) is 5.88 Å². The highest BCUT2D eigenvalue weighted by molar-refractivity contribution is 5.77. The van der Waals surface area contributed by atoms with Crippen LogP contribution in [0.3, 0.4) is 0 Å². The van der Waals surface area contributed by atoms with Gasteiger partial charge in [0.15, 0.2) is 0 Å². The SMILES string of the molecule is COc1ccc(COC(=O)C2CC2c2ccco2)cn1. The maximum Gasteiger partial charge on any atom is 0.310 e. The molecule has 2 aromatic heterocycles. The third-order valence-electron chi connectivity index (χ3n) is 3.39. The summed E-state index contributed by atoms with van der Waals surface area (Å²) in [5, 5.41) is 0. The molecule has 0 spiro atoms. The summed E-state index contributed by atoms with van der Waals surface area (Å²) in [4.78, 5) is 16.0. The predicted molar refractivity (Wildman–Crippen MR) is 70.1 cm³/mol. The van der Waals surface area contributed by atoms with Gasteiger partial charge in [0.05, 0.1) is 19.3 Å². The molecule has 1 saturated carbocycles. The number of nitrogens with zero attached hydrogens (tertiary/aromatic N) is 1. The minimum atomic E-state index is -0.179. The topological polar surface area (TPSA) is 61.6 Å². The summed E-state index contributed by atoms with van der Waals surface area (Å²) in [6, 6.07) is 7.30. The van der Waals surface area contributed by atoms with E-state index in [1.54, 1.807) is 25.6 Å². The lowest BCUT2D eigenvalue weighted by Gasteiger charge is -2.05. The number of ether oxygens (including phenoxy) is 2. The number of hydrogen-bond donors (Lipinski definition) is 0. The molecule has 2 aromatic rings. The van der Waals surface area contributed by atoms with Crippen LogP contribution in [0.15, 0.2) is 41.1 Å². The van der Waals surface area contributed by atoms with Crippen LogP contribution in [0.2, 0.25) is 0 Å². The molecular weight excluding hydrogens is 258 g/mol. The lowest BCUT2D eigenvalue weighted by Crippen LogP contribution is -2.08. The molecule has 2 unspecified atom stereocenters. The molecule has 0 amide bonds. The van der Waals surface area contributed by atoms with E-state index in [0.29, 0.717) is 5.88 Å². The summed E-state index contributed by atoms with van der Waals surface area (Å²) in [6.07, 6.45) is 4.06. The molecule has 1 aliphatic carbocycles. The van der Waals surface area contributed by atoms with Crippen molar-refractivity contribution in [3.63, 3.8) is 0 Å². The normalized spacial score (nSPS) is 20.4. The largest absolute Gasteiger partial charge is 0.481 e. The first kappa shape index (κ1) is 12.7. The number of carbonyl (C=O) groups is 1. The zero-order valence-corrected chi connectivity index (χ0v) is 11.1. The molecule has 20 heavy (non-hydrogen) atoms. The van der Waals surface area contributed by atoms with Gasteiger partial charge in [0, 0.05) is 23.7 Å². The van der Waals surface area contributed by atoms with Gasteiger partial charge in [-0.2, -0.15) is 0 Å². The summed E-state index contributed by atoms with van der Waals surface area (Å²) in [5.74, 6) is 1.32. The van der Waals surface area contributed by atoms with Crippen molar-refractivity contribution in [1.82, 2.24) is 4.98 Å². The van der Waals surface area contributed by atoms with Gasteiger partial charge in [-0.25, -0.2) is 4.98 Å². The third kappa shape index (κ3) is 2.66.